The largest absolute Gasteiger partial charge is 0.338 e. The normalized spacial score (nSPS) is 24.2. The third-order valence-electron chi connectivity index (χ3n) is 5.29. The maximum absolute atomic E-state index is 12.4. The molecule has 138 valence electrons. The third-order valence-corrected chi connectivity index (χ3v) is 5.29. The molecule has 2 atom stereocenters. The molecule has 2 aliphatic heterocycles. The monoisotopic (exact) mass is 348 g/mol. The van der Waals surface area contributed by atoms with Crippen LogP contribution in [-0.2, 0) is 9.59 Å². The Hall–Kier alpha value is -1.89. The van der Waals surface area contributed by atoms with E-state index in [4.69, 9.17) is 4.52 Å². The Bertz CT molecular complexity index is 628. The van der Waals surface area contributed by atoms with Gasteiger partial charge in [0.25, 0.3) is 0 Å². The molecule has 1 aromatic rings. The standard InChI is InChI=1S/C18H28N4O3/c1-12(2)14-10-18(25-20-14)19-17(24)11-21-8-4-6-15(21)16-7-5-9-22(16)13(3)23/h10,12,15-16H,4-9,11H2,1-3H3,(H,19,24). The minimum Gasteiger partial charge on any atom is -0.338 e. The minimum absolute atomic E-state index is 0.0919. The number of carbonyl (C=O) groups excluding carboxylic acids is 2. The van der Waals surface area contributed by atoms with Crippen molar-refractivity contribution in [1.82, 2.24) is 15.0 Å². The number of nitrogens with one attached hydrogen (secondary N) is 1. The summed E-state index contributed by atoms with van der Waals surface area (Å²) in [7, 11) is 0. The summed E-state index contributed by atoms with van der Waals surface area (Å²) in [5.41, 5.74) is 0.831. The molecule has 1 aromatic heterocycles. The van der Waals surface area contributed by atoms with Crippen molar-refractivity contribution in [3.8, 4) is 0 Å². The molecule has 3 rings (SSSR count). The van der Waals surface area contributed by atoms with Crippen molar-refractivity contribution < 1.29 is 14.1 Å². The average molecular weight is 348 g/mol. The molecule has 0 bridgehead atoms. The maximum Gasteiger partial charge on any atom is 0.240 e. The zero-order valence-corrected chi connectivity index (χ0v) is 15.3. The highest BCUT2D eigenvalue weighted by atomic mass is 16.5. The molecular formula is C18H28N4O3. The van der Waals surface area contributed by atoms with E-state index in [0.717, 1.165) is 44.5 Å². The number of hydrogen-bond acceptors (Lipinski definition) is 5. The van der Waals surface area contributed by atoms with Crippen LogP contribution < -0.4 is 5.32 Å². The molecule has 1 N–H and O–H groups in total. The zero-order valence-electron chi connectivity index (χ0n) is 15.3. The summed E-state index contributed by atoms with van der Waals surface area (Å²) in [5, 5.41) is 6.76. The van der Waals surface area contributed by atoms with Gasteiger partial charge in [0.2, 0.25) is 17.7 Å². The van der Waals surface area contributed by atoms with Crippen molar-refractivity contribution >= 4 is 17.7 Å². The summed E-state index contributed by atoms with van der Waals surface area (Å²) in [4.78, 5) is 28.4. The van der Waals surface area contributed by atoms with Gasteiger partial charge in [0.05, 0.1) is 12.2 Å². The SMILES string of the molecule is CC(=O)N1CCCC1C1CCCN1CC(=O)Nc1cc(C(C)C)no1. The molecule has 2 fully saturated rings. The van der Waals surface area contributed by atoms with Crippen LogP contribution in [0, 0.1) is 0 Å². The van der Waals surface area contributed by atoms with E-state index in [1.54, 1.807) is 13.0 Å². The predicted octanol–water partition coefficient (Wildman–Crippen LogP) is 2.21. The van der Waals surface area contributed by atoms with Crippen molar-refractivity contribution in [2.45, 2.75) is 64.5 Å². The number of amides is 2. The Kier molecular flexibility index (Phi) is 5.42. The Labute approximate surface area is 148 Å². The highest BCUT2D eigenvalue weighted by Crippen LogP contribution is 2.30. The lowest BCUT2D eigenvalue weighted by molar-refractivity contribution is -0.130. The Morgan fingerprint density at radius 3 is 2.68 bits per heavy atom. The molecule has 25 heavy (non-hydrogen) atoms. The van der Waals surface area contributed by atoms with Gasteiger partial charge in [0, 0.05) is 31.6 Å². The van der Waals surface area contributed by atoms with E-state index < -0.39 is 0 Å². The minimum atomic E-state index is -0.0919. The number of hydrogen-bond donors (Lipinski definition) is 1. The van der Waals surface area contributed by atoms with E-state index in [1.807, 2.05) is 18.7 Å². The molecule has 7 nitrogen and oxygen atoms in total. The molecule has 0 spiro atoms. The first-order valence-electron chi connectivity index (χ1n) is 9.23. The fourth-order valence-electron chi connectivity index (χ4n) is 4.05. The second kappa shape index (κ2) is 7.56. The molecular weight excluding hydrogens is 320 g/mol. The van der Waals surface area contributed by atoms with Crippen LogP contribution in [0.5, 0.6) is 0 Å². The average Bonchev–Trinajstić information content (AvgIpc) is 3.25. The highest BCUT2D eigenvalue weighted by Gasteiger charge is 2.39. The van der Waals surface area contributed by atoms with Crippen LogP contribution in [0.15, 0.2) is 10.6 Å². The first kappa shape index (κ1) is 17.9. The van der Waals surface area contributed by atoms with Crippen LogP contribution in [0.2, 0.25) is 0 Å². The molecule has 0 aliphatic carbocycles. The van der Waals surface area contributed by atoms with E-state index in [2.05, 4.69) is 15.4 Å². The van der Waals surface area contributed by atoms with Gasteiger partial charge in [-0.25, -0.2) is 0 Å². The fourth-order valence-corrected chi connectivity index (χ4v) is 4.05. The van der Waals surface area contributed by atoms with Gasteiger partial charge >= 0.3 is 0 Å². The lowest BCUT2D eigenvalue weighted by Crippen LogP contribution is -2.49. The molecule has 0 aromatic carbocycles. The van der Waals surface area contributed by atoms with Gasteiger partial charge in [-0.1, -0.05) is 19.0 Å². The molecule has 2 saturated heterocycles. The molecule has 3 heterocycles. The molecule has 2 amide bonds. The number of aromatic nitrogens is 1. The molecule has 0 radical (unpaired) electrons. The van der Waals surface area contributed by atoms with Crippen LogP contribution in [0.25, 0.3) is 0 Å². The van der Waals surface area contributed by atoms with E-state index in [9.17, 15) is 9.59 Å². The number of nitrogens with zero attached hydrogens (tertiary/aromatic N) is 3. The Balaban J connectivity index is 1.59. The Morgan fingerprint density at radius 2 is 2.00 bits per heavy atom. The van der Waals surface area contributed by atoms with Gasteiger partial charge in [-0.2, -0.15) is 0 Å². The molecule has 0 saturated carbocycles. The van der Waals surface area contributed by atoms with Crippen LogP contribution in [-0.4, -0.2) is 58.5 Å². The third kappa shape index (κ3) is 4.03. The number of anilines is 1. The van der Waals surface area contributed by atoms with Gasteiger partial charge < -0.3 is 9.42 Å². The molecule has 7 heteroatoms. The maximum atomic E-state index is 12.4. The summed E-state index contributed by atoms with van der Waals surface area (Å²) in [6, 6.07) is 2.29. The van der Waals surface area contributed by atoms with Crippen molar-refractivity contribution in [1.29, 1.82) is 0 Å². The van der Waals surface area contributed by atoms with E-state index in [1.165, 1.54) is 0 Å². The summed E-state index contributed by atoms with van der Waals surface area (Å²) in [6.45, 7) is 7.76. The number of carbonyl (C=O) groups is 2. The van der Waals surface area contributed by atoms with E-state index >= 15 is 0 Å². The topological polar surface area (TPSA) is 78.7 Å². The van der Waals surface area contributed by atoms with Crippen LogP contribution >= 0.6 is 0 Å². The van der Waals surface area contributed by atoms with Crippen molar-refractivity contribution in [3.05, 3.63) is 11.8 Å². The predicted molar refractivity (Wildman–Crippen MR) is 94.2 cm³/mol. The Morgan fingerprint density at radius 1 is 1.28 bits per heavy atom. The lowest BCUT2D eigenvalue weighted by Gasteiger charge is -2.34. The number of rotatable bonds is 5. The summed E-state index contributed by atoms with van der Waals surface area (Å²) in [5.74, 6) is 0.709. The lowest BCUT2D eigenvalue weighted by atomic mass is 10.0. The molecule has 2 unspecified atom stereocenters. The van der Waals surface area contributed by atoms with Crippen molar-refractivity contribution in [3.63, 3.8) is 0 Å². The van der Waals surface area contributed by atoms with Gasteiger partial charge in [-0.3, -0.25) is 19.8 Å². The van der Waals surface area contributed by atoms with Gasteiger partial charge in [0.15, 0.2) is 0 Å². The van der Waals surface area contributed by atoms with Crippen LogP contribution in [0.4, 0.5) is 5.88 Å². The summed E-state index contributed by atoms with van der Waals surface area (Å²) in [6.07, 6.45) is 4.20. The van der Waals surface area contributed by atoms with Gasteiger partial charge in [0.1, 0.15) is 0 Å². The van der Waals surface area contributed by atoms with Crippen molar-refractivity contribution in [2.75, 3.05) is 25.0 Å². The summed E-state index contributed by atoms with van der Waals surface area (Å²) < 4.78 is 5.18. The quantitative estimate of drug-likeness (QED) is 0.883. The smallest absolute Gasteiger partial charge is 0.240 e. The number of likely N-dealkylation sites (tertiary alicyclic amines) is 2. The second-order valence-corrected chi connectivity index (χ2v) is 7.42. The van der Waals surface area contributed by atoms with Crippen LogP contribution in [0.1, 0.15) is 58.1 Å². The van der Waals surface area contributed by atoms with E-state index in [-0.39, 0.29) is 29.8 Å². The van der Waals surface area contributed by atoms with Gasteiger partial charge in [-0.15, -0.1) is 0 Å². The first-order valence-corrected chi connectivity index (χ1v) is 9.23. The second-order valence-electron chi connectivity index (χ2n) is 7.42. The first-order chi connectivity index (χ1) is 12.0. The zero-order chi connectivity index (χ0) is 18.0. The summed E-state index contributed by atoms with van der Waals surface area (Å²) >= 11 is 0. The highest BCUT2D eigenvalue weighted by molar-refractivity contribution is 5.91. The molecule has 2 aliphatic rings. The van der Waals surface area contributed by atoms with Crippen molar-refractivity contribution in [2.24, 2.45) is 0 Å². The fraction of sp³-hybridized carbons (Fsp3) is 0.722. The van der Waals surface area contributed by atoms with E-state index in [0.29, 0.717) is 12.4 Å². The van der Waals surface area contributed by atoms with Gasteiger partial charge in [-0.05, 0) is 38.1 Å². The van der Waals surface area contributed by atoms with Crippen LogP contribution in [0.3, 0.4) is 0 Å².